The maximum absolute atomic E-state index is 10.9. The van der Waals surface area contributed by atoms with E-state index < -0.39 is 35.9 Å². The van der Waals surface area contributed by atoms with Crippen LogP contribution < -0.4 is 0 Å². The van der Waals surface area contributed by atoms with Crippen LogP contribution in [0.2, 0.25) is 0 Å². The van der Waals surface area contributed by atoms with Crippen LogP contribution in [0.25, 0.3) is 0 Å². The minimum Gasteiger partial charge on any atom is -0.508 e. The van der Waals surface area contributed by atoms with Gasteiger partial charge in [0, 0.05) is 0 Å². The molecule has 4 N–H and O–H groups in total. The molecule has 6 nitrogen and oxygen atoms in total. The summed E-state index contributed by atoms with van der Waals surface area (Å²) in [6.45, 7) is -1.05. The van der Waals surface area contributed by atoms with Crippen molar-refractivity contribution in [1.82, 2.24) is 0 Å². The Labute approximate surface area is 80.1 Å². The van der Waals surface area contributed by atoms with Gasteiger partial charge in [0.15, 0.2) is 5.76 Å². The zero-order chi connectivity index (χ0) is 10.7. The van der Waals surface area contributed by atoms with Gasteiger partial charge in [-0.1, -0.05) is 0 Å². The van der Waals surface area contributed by atoms with Crippen LogP contribution in [0.15, 0.2) is 11.5 Å². The van der Waals surface area contributed by atoms with Gasteiger partial charge >= 0.3 is 0 Å². The number of aliphatic hydroxyl groups is 4. The van der Waals surface area contributed by atoms with E-state index >= 15 is 0 Å². The van der Waals surface area contributed by atoms with Crippen LogP contribution >= 0.6 is 0 Å². The number of ketones is 1. The van der Waals surface area contributed by atoms with Gasteiger partial charge < -0.3 is 25.2 Å². The van der Waals surface area contributed by atoms with E-state index in [1.165, 1.54) is 0 Å². The molecule has 1 aliphatic heterocycles. The Kier molecular flexibility index (Phi) is 3.45. The molecule has 0 aliphatic carbocycles. The van der Waals surface area contributed by atoms with Crippen LogP contribution in [0.5, 0.6) is 0 Å². The summed E-state index contributed by atoms with van der Waals surface area (Å²) in [4.78, 5) is 10.9. The van der Waals surface area contributed by atoms with Crippen LogP contribution in [0.1, 0.15) is 0 Å². The smallest absolute Gasteiger partial charge is 0.226 e. The third kappa shape index (κ3) is 2.03. The highest BCUT2D eigenvalue weighted by Crippen LogP contribution is 2.19. The normalized spacial score (nSPS) is 26.1. The van der Waals surface area contributed by atoms with Crippen LogP contribution in [-0.4, -0.2) is 52.1 Å². The van der Waals surface area contributed by atoms with Crippen molar-refractivity contribution in [1.29, 1.82) is 0 Å². The predicted molar refractivity (Wildman–Crippen MR) is 44.7 cm³/mol. The minimum absolute atomic E-state index is 0.122. The Hall–Kier alpha value is -1.11. The average Bonchev–Trinajstić information content (AvgIpc) is 2.31. The monoisotopic (exact) mass is 204 g/mol. The van der Waals surface area contributed by atoms with Gasteiger partial charge in [0.25, 0.3) is 0 Å². The third-order valence-electron chi connectivity index (χ3n) is 2.04. The highest BCUT2D eigenvalue weighted by atomic mass is 16.5. The number of carbonyl (C=O) groups excluding carboxylic acids is 1. The molecular weight excluding hydrogens is 192 g/mol. The van der Waals surface area contributed by atoms with Gasteiger partial charge in [0.2, 0.25) is 5.78 Å². The Balaban J connectivity index is 2.91. The molecule has 0 spiro atoms. The molecule has 2 unspecified atom stereocenters. The summed E-state index contributed by atoms with van der Waals surface area (Å²) < 4.78 is 4.80. The molecule has 1 rings (SSSR count). The first-order valence-electron chi connectivity index (χ1n) is 4.10. The highest BCUT2D eigenvalue weighted by molar-refractivity contribution is 5.94. The van der Waals surface area contributed by atoms with Gasteiger partial charge in [0.05, 0.1) is 25.2 Å². The van der Waals surface area contributed by atoms with E-state index in [1.54, 1.807) is 0 Å². The van der Waals surface area contributed by atoms with E-state index in [0.717, 1.165) is 0 Å². The first-order valence-corrected chi connectivity index (χ1v) is 4.10. The van der Waals surface area contributed by atoms with Crippen LogP contribution in [-0.2, 0) is 9.53 Å². The Morgan fingerprint density at radius 3 is 2.71 bits per heavy atom. The first-order chi connectivity index (χ1) is 6.57. The average molecular weight is 204 g/mol. The fourth-order valence-corrected chi connectivity index (χ4v) is 1.16. The second kappa shape index (κ2) is 4.41. The molecule has 0 aromatic heterocycles. The number of aliphatic hydroxyl groups excluding tert-OH is 4. The Morgan fingerprint density at radius 2 is 2.14 bits per heavy atom. The minimum atomic E-state index is -1.26. The zero-order valence-corrected chi connectivity index (χ0v) is 7.38. The quantitative estimate of drug-likeness (QED) is 0.454. The summed E-state index contributed by atoms with van der Waals surface area (Å²) in [5.74, 6) is -3.14. The van der Waals surface area contributed by atoms with E-state index in [4.69, 9.17) is 14.9 Å². The van der Waals surface area contributed by atoms with E-state index in [-0.39, 0.29) is 13.2 Å². The van der Waals surface area contributed by atoms with Gasteiger partial charge in [-0.2, -0.15) is 0 Å². The molecule has 0 saturated heterocycles. The van der Waals surface area contributed by atoms with Crippen molar-refractivity contribution in [2.24, 2.45) is 5.92 Å². The van der Waals surface area contributed by atoms with Crippen LogP contribution in [0.3, 0.4) is 0 Å². The summed E-state index contributed by atoms with van der Waals surface area (Å²) in [6, 6.07) is 0. The zero-order valence-electron chi connectivity index (χ0n) is 7.38. The molecule has 0 radical (unpaired) electrons. The number of ether oxygens (including phenoxy) is 1. The van der Waals surface area contributed by atoms with E-state index in [1.807, 2.05) is 0 Å². The van der Waals surface area contributed by atoms with E-state index in [2.05, 4.69) is 0 Å². The molecule has 0 fully saturated rings. The number of rotatable bonds is 2. The van der Waals surface area contributed by atoms with Gasteiger partial charge in [-0.3, -0.25) is 4.79 Å². The van der Waals surface area contributed by atoms with E-state index in [9.17, 15) is 15.0 Å². The summed E-state index contributed by atoms with van der Waals surface area (Å²) in [5, 5.41) is 36.4. The van der Waals surface area contributed by atoms with Crippen molar-refractivity contribution in [2.75, 3.05) is 19.8 Å². The van der Waals surface area contributed by atoms with Gasteiger partial charge in [0.1, 0.15) is 12.4 Å². The van der Waals surface area contributed by atoms with Crippen molar-refractivity contribution >= 4 is 5.78 Å². The molecule has 80 valence electrons. The van der Waals surface area contributed by atoms with Gasteiger partial charge in [-0.05, 0) is 0 Å². The number of Topliss-reactive ketones (excluding diaryl/α,β-unsaturated/α-hetero) is 1. The SMILES string of the molecule is O=C1COCC(C(O)CO)C(O)=C1O. The molecule has 0 amide bonds. The molecule has 0 aromatic carbocycles. The summed E-state index contributed by atoms with van der Waals surface area (Å²) in [6.07, 6.45) is -1.26. The van der Waals surface area contributed by atoms with Gasteiger partial charge in [-0.25, -0.2) is 0 Å². The van der Waals surface area contributed by atoms with Crippen LogP contribution in [0, 0.1) is 5.92 Å². The summed E-state index contributed by atoms with van der Waals surface area (Å²) in [5.41, 5.74) is 0. The predicted octanol–water partition coefficient (Wildman–Crippen LogP) is -1.12. The number of hydrogen-bond donors (Lipinski definition) is 4. The first kappa shape index (κ1) is 11.0. The van der Waals surface area contributed by atoms with Gasteiger partial charge in [-0.15, -0.1) is 0 Å². The van der Waals surface area contributed by atoms with Crippen molar-refractivity contribution in [3.63, 3.8) is 0 Å². The lowest BCUT2D eigenvalue weighted by molar-refractivity contribution is -0.122. The second-order valence-corrected chi connectivity index (χ2v) is 3.03. The highest BCUT2D eigenvalue weighted by Gasteiger charge is 2.31. The molecular formula is C8H12O6. The second-order valence-electron chi connectivity index (χ2n) is 3.03. The number of carbonyl (C=O) groups is 1. The third-order valence-corrected chi connectivity index (χ3v) is 2.04. The largest absolute Gasteiger partial charge is 0.508 e. The Bertz CT molecular complexity index is 259. The van der Waals surface area contributed by atoms with Crippen molar-refractivity contribution in [2.45, 2.75) is 6.10 Å². The molecule has 14 heavy (non-hydrogen) atoms. The van der Waals surface area contributed by atoms with Crippen molar-refractivity contribution in [3.8, 4) is 0 Å². The molecule has 6 heteroatoms. The molecule has 0 bridgehead atoms. The van der Waals surface area contributed by atoms with Crippen molar-refractivity contribution < 1.29 is 30.0 Å². The lowest BCUT2D eigenvalue weighted by Crippen LogP contribution is -2.29. The van der Waals surface area contributed by atoms with Crippen molar-refractivity contribution in [3.05, 3.63) is 11.5 Å². The lowest BCUT2D eigenvalue weighted by Gasteiger charge is -2.18. The fraction of sp³-hybridized carbons (Fsp3) is 0.625. The molecule has 0 saturated carbocycles. The molecule has 2 atom stereocenters. The fourth-order valence-electron chi connectivity index (χ4n) is 1.16. The number of hydrogen-bond acceptors (Lipinski definition) is 6. The maximum atomic E-state index is 10.9. The summed E-state index contributed by atoms with van der Waals surface area (Å²) in [7, 11) is 0. The Morgan fingerprint density at radius 1 is 1.50 bits per heavy atom. The van der Waals surface area contributed by atoms with E-state index in [0.29, 0.717) is 0 Å². The molecule has 1 heterocycles. The maximum Gasteiger partial charge on any atom is 0.226 e. The standard InChI is InChI=1S/C8H12O6/c9-1-5(10)4-2-14-3-6(11)8(13)7(4)12/h4-5,9-10,12-13H,1-3H2. The summed E-state index contributed by atoms with van der Waals surface area (Å²) >= 11 is 0. The molecule has 1 aliphatic rings. The topological polar surface area (TPSA) is 107 Å². The van der Waals surface area contributed by atoms with Crippen LogP contribution in [0.4, 0.5) is 0 Å². The molecule has 0 aromatic rings. The lowest BCUT2D eigenvalue weighted by atomic mass is 10.0.